The van der Waals surface area contributed by atoms with Crippen LogP contribution in [0.15, 0.2) is 120 Å². The molecule has 0 aromatic heterocycles. The highest BCUT2D eigenvalue weighted by molar-refractivity contribution is 9.10. The van der Waals surface area contributed by atoms with Gasteiger partial charge >= 0.3 is 0 Å². The highest BCUT2D eigenvalue weighted by atomic mass is 79.9. The monoisotopic (exact) mass is 458 g/mol. The number of hydrogen-bond donors (Lipinski definition) is 0. The van der Waals surface area contributed by atoms with Crippen molar-refractivity contribution in [3.8, 4) is 22.3 Å². The van der Waals surface area contributed by atoms with E-state index in [1.165, 1.54) is 54.6 Å². The molecule has 0 nitrogen and oxygen atoms in total. The summed E-state index contributed by atoms with van der Waals surface area (Å²) < 4.78 is 1.11. The predicted octanol–water partition coefficient (Wildman–Crippen LogP) is 9.24. The van der Waals surface area contributed by atoms with Gasteiger partial charge in [0.05, 0.1) is 0 Å². The Morgan fingerprint density at radius 1 is 0.355 bits per heavy atom. The second kappa shape index (κ2) is 7.37. The van der Waals surface area contributed by atoms with E-state index in [0.717, 1.165) is 4.47 Å². The van der Waals surface area contributed by atoms with E-state index in [1.54, 1.807) is 0 Å². The summed E-state index contributed by atoms with van der Waals surface area (Å²) in [7, 11) is 0. The van der Waals surface area contributed by atoms with E-state index in [-0.39, 0.29) is 0 Å². The first-order valence-electron chi connectivity index (χ1n) is 10.5. The SMILES string of the molecule is Brc1ccccc1-c1ccccc1-c1ccc2c3ccccc3c3ccccc3c2c1. The first-order valence-corrected chi connectivity index (χ1v) is 11.3. The van der Waals surface area contributed by atoms with Gasteiger partial charge in [0, 0.05) is 4.47 Å². The molecule has 1 heteroatoms. The van der Waals surface area contributed by atoms with E-state index < -0.39 is 0 Å². The molecular weight excluding hydrogens is 440 g/mol. The van der Waals surface area contributed by atoms with Gasteiger partial charge in [-0.25, -0.2) is 0 Å². The maximum Gasteiger partial charge on any atom is 0.0253 e. The molecule has 0 fully saturated rings. The second-order valence-electron chi connectivity index (χ2n) is 7.88. The van der Waals surface area contributed by atoms with Gasteiger partial charge in [-0.3, -0.25) is 0 Å². The molecule has 0 radical (unpaired) electrons. The van der Waals surface area contributed by atoms with Crippen LogP contribution in [0.4, 0.5) is 0 Å². The maximum absolute atomic E-state index is 3.74. The molecule has 0 aliphatic carbocycles. The Balaban J connectivity index is 1.68. The third-order valence-electron chi connectivity index (χ3n) is 6.15. The lowest BCUT2D eigenvalue weighted by molar-refractivity contribution is 1.57. The average molecular weight is 459 g/mol. The smallest absolute Gasteiger partial charge is 0.0253 e. The maximum atomic E-state index is 3.74. The third-order valence-corrected chi connectivity index (χ3v) is 6.84. The van der Waals surface area contributed by atoms with Gasteiger partial charge in [-0.15, -0.1) is 0 Å². The van der Waals surface area contributed by atoms with Gasteiger partial charge in [0.2, 0.25) is 0 Å². The third kappa shape index (κ3) is 2.97. The fourth-order valence-corrected chi connectivity index (χ4v) is 5.22. The van der Waals surface area contributed by atoms with Crippen molar-refractivity contribution in [3.63, 3.8) is 0 Å². The summed E-state index contributed by atoms with van der Waals surface area (Å²) in [6.45, 7) is 0. The van der Waals surface area contributed by atoms with Crippen LogP contribution < -0.4 is 0 Å². The fourth-order valence-electron chi connectivity index (χ4n) is 4.72. The summed E-state index contributed by atoms with van der Waals surface area (Å²) in [4.78, 5) is 0. The Bertz CT molecular complexity index is 1560. The molecular formula is C30H19Br. The van der Waals surface area contributed by atoms with Crippen molar-refractivity contribution in [1.29, 1.82) is 0 Å². The summed E-state index contributed by atoms with van der Waals surface area (Å²) >= 11 is 3.74. The summed E-state index contributed by atoms with van der Waals surface area (Å²) in [6, 6.07) is 41.5. The molecule has 0 bridgehead atoms. The molecule has 146 valence electrons. The normalized spacial score (nSPS) is 11.4. The van der Waals surface area contributed by atoms with E-state index in [1.807, 2.05) is 0 Å². The Kier molecular flexibility index (Phi) is 4.36. The molecule has 6 rings (SSSR count). The lowest BCUT2D eigenvalue weighted by Gasteiger charge is -2.14. The summed E-state index contributed by atoms with van der Waals surface area (Å²) in [5.74, 6) is 0. The standard InChI is InChI=1S/C30H19Br/c31-30-16-8-7-15-28(30)22-10-2-1-9-21(22)20-17-18-27-25-13-4-3-11-23(25)24-12-5-6-14-26(24)29(27)19-20/h1-19H. The van der Waals surface area contributed by atoms with Gasteiger partial charge in [-0.05, 0) is 66.7 Å². The molecule has 0 amide bonds. The van der Waals surface area contributed by atoms with Crippen LogP contribution in [0.3, 0.4) is 0 Å². The molecule has 0 spiro atoms. The number of halogens is 1. The van der Waals surface area contributed by atoms with Crippen molar-refractivity contribution in [3.05, 3.63) is 120 Å². The zero-order valence-corrected chi connectivity index (χ0v) is 18.4. The highest BCUT2D eigenvalue weighted by Gasteiger charge is 2.12. The Labute approximate surface area is 189 Å². The van der Waals surface area contributed by atoms with Crippen LogP contribution in [0.25, 0.3) is 54.6 Å². The van der Waals surface area contributed by atoms with E-state index in [2.05, 4.69) is 131 Å². The molecule has 0 aliphatic heterocycles. The van der Waals surface area contributed by atoms with Crippen LogP contribution in [0, 0.1) is 0 Å². The molecule has 0 saturated heterocycles. The zero-order chi connectivity index (χ0) is 20.8. The van der Waals surface area contributed by atoms with Gasteiger partial charge in [-0.1, -0.05) is 119 Å². The zero-order valence-electron chi connectivity index (χ0n) is 16.8. The Morgan fingerprint density at radius 3 is 1.42 bits per heavy atom. The lowest BCUT2D eigenvalue weighted by Crippen LogP contribution is -1.88. The molecule has 6 aromatic carbocycles. The Hall–Kier alpha value is -3.42. The number of benzene rings is 6. The van der Waals surface area contributed by atoms with Gasteiger partial charge < -0.3 is 0 Å². The number of fused-ring (bicyclic) bond motifs is 6. The van der Waals surface area contributed by atoms with Crippen LogP contribution in [-0.4, -0.2) is 0 Å². The van der Waals surface area contributed by atoms with Crippen molar-refractivity contribution in [2.45, 2.75) is 0 Å². The molecule has 0 aliphatic rings. The average Bonchev–Trinajstić information content (AvgIpc) is 2.84. The van der Waals surface area contributed by atoms with Crippen LogP contribution in [0.5, 0.6) is 0 Å². The van der Waals surface area contributed by atoms with Crippen LogP contribution in [0.1, 0.15) is 0 Å². The minimum absolute atomic E-state index is 1.11. The highest BCUT2D eigenvalue weighted by Crippen LogP contribution is 2.40. The van der Waals surface area contributed by atoms with Crippen molar-refractivity contribution in [2.24, 2.45) is 0 Å². The molecule has 6 aromatic rings. The molecule has 31 heavy (non-hydrogen) atoms. The van der Waals surface area contributed by atoms with Crippen LogP contribution in [-0.2, 0) is 0 Å². The van der Waals surface area contributed by atoms with Crippen LogP contribution >= 0.6 is 15.9 Å². The minimum Gasteiger partial charge on any atom is -0.0616 e. The minimum atomic E-state index is 1.11. The van der Waals surface area contributed by atoms with Gasteiger partial charge in [-0.2, -0.15) is 0 Å². The van der Waals surface area contributed by atoms with Crippen molar-refractivity contribution < 1.29 is 0 Å². The first kappa shape index (κ1) is 18.4. The largest absolute Gasteiger partial charge is 0.0616 e. The number of hydrogen-bond acceptors (Lipinski definition) is 0. The summed E-state index contributed by atoms with van der Waals surface area (Å²) in [5.41, 5.74) is 4.92. The van der Waals surface area contributed by atoms with Crippen molar-refractivity contribution in [1.82, 2.24) is 0 Å². The second-order valence-corrected chi connectivity index (χ2v) is 8.73. The molecule has 0 heterocycles. The van der Waals surface area contributed by atoms with E-state index >= 15 is 0 Å². The molecule has 0 N–H and O–H groups in total. The van der Waals surface area contributed by atoms with Gasteiger partial charge in [0.25, 0.3) is 0 Å². The quantitative estimate of drug-likeness (QED) is 0.226. The van der Waals surface area contributed by atoms with E-state index in [4.69, 9.17) is 0 Å². The topological polar surface area (TPSA) is 0 Å². The Morgan fingerprint density at radius 2 is 0.806 bits per heavy atom. The van der Waals surface area contributed by atoms with E-state index in [9.17, 15) is 0 Å². The van der Waals surface area contributed by atoms with Gasteiger partial charge in [0.15, 0.2) is 0 Å². The predicted molar refractivity (Wildman–Crippen MR) is 138 cm³/mol. The van der Waals surface area contributed by atoms with Crippen LogP contribution in [0.2, 0.25) is 0 Å². The van der Waals surface area contributed by atoms with E-state index in [0.29, 0.717) is 0 Å². The van der Waals surface area contributed by atoms with Crippen molar-refractivity contribution >= 4 is 48.2 Å². The fraction of sp³-hybridized carbons (Fsp3) is 0. The van der Waals surface area contributed by atoms with Gasteiger partial charge in [0.1, 0.15) is 0 Å². The lowest BCUT2D eigenvalue weighted by atomic mass is 9.90. The molecule has 0 unspecified atom stereocenters. The molecule has 0 saturated carbocycles. The summed E-state index contributed by atoms with van der Waals surface area (Å²) in [5, 5.41) is 7.83. The summed E-state index contributed by atoms with van der Waals surface area (Å²) in [6.07, 6.45) is 0. The number of rotatable bonds is 2. The van der Waals surface area contributed by atoms with Crippen molar-refractivity contribution in [2.75, 3.05) is 0 Å². The molecule has 0 atom stereocenters. The first-order chi connectivity index (χ1) is 15.3.